The Kier molecular flexibility index (Phi) is 4.83. The van der Waals surface area contributed by atoms with E-state index in [1.54, 1.807) is 6.33 Å². The van der Waals surface area contributed by atoms with E-state index in [4.69, 9.17) is 5.73 Å². The van der Waals surface area contributed by atoms with Gasteiger partial charge < -0.3 is 10.7 Å². The van der Waals surface area contributed by atoms with Crippen LogP contribution in [0.5, 0.6) is 0 Å². The molecule has 0 spiro atoms. The highest BCUT2D eigenvalue weighted by molar-refractivity contribution is 5.90. The lowest BCUT2D eigenvalue weighted by Crippen LogP contribution is -2.36. The van der Waals surface area contributed by atoms with Crippen LogP contribution in [0.4, 0.5) is 0 Å². The number of nitrogens with zero attached hydrogens (tertiary/aromatic N) is 2. The van der Waals surface area contributed by atoms with Gasteiger partial charge in [-0.15, -0.1) is 0 Å². The minimum Gasteiger partial charge on any atom is -0.346 e. The first kappa shape index (κ1) is 19.7. The number of aryl methyl sites for hydroxylation is 1. The molecule has 1 fully saturated rings. The van der Waals surface area contributed by atoms with Crippen molar-refractivity contribution >= 4 is 11.0 Å². The molecule has 2 heterocycles. The maximum Gasteiger partial charge on any atom is 0.141 e. The van der Waals surface area contributed by atoms with Gasteiger partial charge in [0.25, 0.3) is 0 Å². The van der Waals surface area contributed by atoms with Gasteiger partial charge in [-0.1, -0.05) is 55.7 Å². The Morgan fingerprint density at radius 1 is 1.00 bits per heavy atom. The molecule has 162 valence electrons. The SMILES string of the molecule is NCC1(c2cccc(-c3ncnc4[nH]ccc34)c2)Cc2ccc(CCC3CCC3)cc2C1. The zero-order valence-corrected chi connectivity index (χ0v) is 18.5. The first-order valence-corrected chi connectivity index (χ1v) is 11.9. The molecule has 0 radical (unpaired) electrons. The summed E-state index contributed by atoms with van der Waals surface area (Å²) in [5, 5.41) is 1.05. The van der Waals surface area contributed by atoms with Gasteiger partial charge >= 0.3 is 0 Å². The smallest absolute Gasteiger partial charge is 0.141 e. The third kappa shape index (κ3) is 3.34. The fourth-order valence-electron chi connectivity index (χ4n) is 5.68. The molecule has 1 saturated carbocycles. The number of benzene rings is 2. The van der Waals surface area contributed by atoms with Crippen LogP contribution >= 0.6 is 0 Å². The summed E-state index contributed by atoms with van der Waals surface area (Å²) in [7, 11) is 0. The summed E-state index contributed by atoms with van der Waals surface area (Å²) in [4.78, 5) is 12.1. The average Bonchev–Trinajstić information content (AvgIpc) is 3.43. The van der Waals surface area contributed by atoms with Crippen molar-refractivity contribution in [3.8, 4) is 11.3 Å². The minimum atomic E-state index is -0.0464. The lowest BCUT2D eigenvalue weighted by molar-refractivity contribution is 0.296. The number of hydrogen-bond acceptors (Lipinski definition) is 3. The number of fused-ring (bicyclic) bond motifs is 2. The summed E-state index contributed by atoms with van der Waals surface area (Å²) in [6, 6.07) is 18.1. The van der Waals surface area contributed by atoms with Gasteiger partial charge in [0.1, 0.15) is 12.0 Å². The van der Waals surface area contributed by atoms with Crippen LogP contribution in [0, 0.1) is 5.92 Å². The van der Waals surface area contributed by atoms with E-state index in [-0.39, 0.29) is 5.41 Å². The highest BCUT2D eigenvalue weighted by Crippen LogP contribution is 2.41. The molecule has 1 atom stereocenters. The van der Waals surface area contributed by atoms with Crippen LogP contribution in [0.3, 0.4) is 0 Å². The average molecular weight is 423 g/mol. The van der Waals surface area contributed by atoms with Crippen molar-refractivity contribution in [2.75, 3.05) is 6.54 Å². The van der Waals surface area contributed by atoms with Gasteiger partial charge in [0.05, 0.1) is 5.69 Å². The van der Waals surface area contributed by atoms with Gasteiger partial charge in [-0.25, -0.2) is 9.97 Å². The summed E-state index contributed by atoms with van der Waals surface area (Å²) in [6.45, 7) is 0.645. The van der Waals surface area contributed by atoms with Gasteiger partial charge in [-0.2, -0.15) is 0 Å². The zero-order chi connectivity index (χ0) is 21.5. The molecular weight excluding hydrogens is 392 g/mol. The van der Waals surface area contributed by atoms with Gasteiger partial charge in [0, 0.05) is 29.1 Å². The third-order valence-corrected chi connectivity index (χ3v) is 7.89. The summed E-state index contributed by atoms with van der Waals surface area (Å²) in [6.07, 6.45) is 12.4. The molecule has 4 heteroatoms. The molecule has 4 nitrogen and oxygen atoms in total. The van der Waals surface area contributed by atoms with Crippen LogP contribution in [0.2, 0.25) is 0 Å². The Morgan fingerprint density at radius 3 is 2.75 bits per heavy atom. The van der Waals surface area contributed by atoms with Crippen LogP contribution in [-0.2, 0) is 24.7 Å². The predicted octanol–water partition coefficient (Wildman–Crippen LogP) is 5.35. The molecule has 0 aliphatic heterocycles. The quantitative estimate of drug-likeness (QED) is 0.440. The second kappa shape index (κ2) is 7.86. The second-order valence-electron chi connectivity index (χ2n) is 9.82. The van der Waals surface area contributed by atoms with Crippen molar-refractivity contribution in [3.63, 3.8) is 0 Å². The van der Waals surface area contributed by atoms with Crippen molar-refractivity contribution in [1.82, 2.24) is 15.0 Å². The fraction of sp³-hybridized carbons (Fsp3) is 0.357. The van der Waals surface area contributed by atoms with Crippen molar-refractivity contribution < 1.29 is 0 Å². The van der Waals surface area contributed by atoms with Crippen molar-refractivity contribution in [2.24, 2.45) is 11.7 Å². The van der Waals surface area contributed by atoms with E-state index >= 15 is 0 Å². The topological polar surface area (TPSA) is 67.6 Å². The number of aromatic amines is 1. The largest absolute Gasteiger partial charge is 0.346 e. The summed E-state index contributed by atoms with van der Waals surface area (Å²) >= 11 is 0. The molecule has 2 aliphatic rings. The predicted molar refractivity (Wildman–Crippen MR) is 130 cm³/mol. The number of hydrogen-bond donors (Lipinski definition) is 2. The molecule has 32 heavy (non-hydrogen) atoms. The standard InChI is InChI=1S/C28H30N4/c29-17-28(15-22-10-9-20(13-23(22)16-28)8-7-19-3-1-4-19)24-6-2-5-21(14-24)26-25-11-12-30-27(25)32-18-31-26/h2,5-6,9-14,18-19H,1,3-4,7-8,15-17,29H2,(H,30,31,32). The molecule has 0 bridgehead atoms. The molecule has 6 rings (SSSR count). The van der Waals surface area contributed by atoms with E-state index in [9.17, 15) is 0 Å². The number of aromatic nitrogens is 3. The Bertz CT molecular complexity index is 1270. The Labute approximate surface area is 189 Å². The molecule has 1 unspecified atom stereocenters. The maximum atomic E-state index is 6.47. The zero-order valence-electron chi connectivity index (χ0n) is 18.5. The second-order valence-corrected chi connectivity index (χ2v) is 9.82. The summed E-state index contributed by atoms with van der Waals surface area (Å²) in [5.74, 6) is 0.961. The molecule has 2 aliphatic carbocycles. The number of rotatable bonds is 6. The molecule has 2 aromatic carbocycles. The first-order valence-electron chi connectivity index (χ1n) is 11.9. The van der Waals surface area contributed by atoms with Gasteiger partial charge in [-0.3, -0.25) is 0 Å². The number of nitrogens with one attached hydrogen (secondary N) is 1. The van der Waals surface area contributed by atoms with Gasteiger partial charge in [0.15, 0.2) is 0 Å². The molecular formula is C28H30N4. The monoisotopic (exact) mass is 422 g/mol. The van der Waals surface area contributed by atoms with E-state index < -0.39 is 0 Å². The van der Waals surface area contributed by atoms with Crippen LogP contribution in [0.25, 0.3) is 22.3 Å². The van der Waals surface area contributed by atoms with Crippen molar-refractivity contribution in [2.45, 2.75) is 50.4 Å². The molecule has 0 saturated heterocycles. The Morgan fingerprint density at radius 2 is 1.91 bits per heavy atom. The van der Waals surface area contributed by atoms with E-state index in [0.29, 0.717) is 6.54 Å². The normalized spacial score (nSPS) is 20.4. The van der Waals surface area contributed by atoms with Crippen LogP contribution < -0.4 is 5.73 Å². The summed E-state index contributed by atoms with van der Waals surface area (Å²) < 4.78 is 0. The van der Waals surface area contributed by atoms with Crippen LogP contribution in [0.1, 0.15) is 47.9 Å². The molecule has 2 aromatic heterocycles. The van der Waals surface area contributed by atoms with E-state index in [1.165, 1.54) is 54.4 Å². The minimum absolute atomic E-state index is 0.0464. The van der Waals surface area contributed by atoms with Gasteiger partial charge in [0.2, 0.25) is 0 Å². The van der Waals surface area contributed by atoms with Crippen molar-refractivity contribution in [1.29, 1.82) is 0 Å². The molecule has 0 amide bonds. The van der Waals surface area contributed by atoms with Crippen LogP contribution in [0.15, 0.2) is 61.1 Å². The molecule has 3 N–H and O–H groups in total. The lowest BCUT2D eigenvalue weighted by Gasteiger charge is -2.28. The highest BCUT2D eigenvalue weighted by Gasteiger charge is 2.38. The third-order valence-electron chi connectivity index (χ3n) is 7.89. The lowest BCUT2D eigenvalue weighted by atomic mass is 9.77. The Hall–Kier alpha value is -2.98. The van der Waals surface area contributed by atoms with Crippen molar-refractivity contribution in [3.05, 3.63) is 83.3 Å². The number of H-pyrrole nitrogens is 1. The summed E-state index contributed by atoms with van der Waals surface area (Å²) in [5.41, 5.74) is 15.2. The molecule has 4 aromatic rings. The Balaban J connectivity index is 1.30. The highest BCUT2D eigenvalue weighted by atomic mass is 14.9. The number of nitrogens with two attached hydrogens (primary N) is 1. The maximum absolute atomic E-state index is 6.47. The van der Waals surface area contributed by atoms with Gasteiger partial charge in [-0.05, 0) is 66.0 Å². The van der Waals surface area contributed by atoms with E-state index in [2.05, 4.69) is 57.4 Å². The van der Waals surface area contributed by atoms with E-state index in [1.807, 2.05) is 12.3 Å². The fourth-order valence-corrected chi connectivity index (χ4v) is 5.68. The first-order chi connectivity index (χ1) is 15.7. The van der Waals surface area contributed by atoms with Crippen LogP contribution in [-0.4, -0.2) is 21.5 Å². The van der Waals surface area contributed by atoms with E-state index in [0.717, 1.165) is 41.1 Å².